The van der Waals surface area contributed by atoms with E-state index in [0.717, 1.165) is 56.8 Å². The lowest BCUT2D eigenvalue weighted by molar-refractivity contribution is -0.155. The zero-order chi connectivity index (χ0) is 14.7. The minimum atomic E-state index is -0.0551. The molecule has 2 aliphatic heterocycles. The van der Waals surface area contributed by atoms with Crippen molar-refractivity contribution in [1.29, 1.82) is 5.41 Å². The maximum atomic E-state index is 7.40. The van der Waals surface area contributed by atoms with Crippen LogP contribution in [0.5, 0.6) is 5.75 Å². The minimum absolute atomic E-state index is 0.0551. The summed E-state index contributed by atoms with van der Waals surface area (Å²) in [7, 11) is 0. The molecule has 1 aromatic carbocycles. The summed E-state index contributed by atoms with van der Waals surface area (Å²) >= 11 is 0. The zero-order valence-corrected chi connectivity index (χ0v) is 12.1. The van der Waals surface area contributed by atoms with Crippen LogP contribution in [-0.2, 0) is 9.47 Å². The normalized spacial score (nSPS) is 24.7. The number of nitrogens with one attached hydrogen (secondary N) is 1. The fraction of sp³-hybridized carbons (Fsp3) is 0.562. The van der Waals surface area contributed by atoms with Crippen LogP contribution in [0, 0.1) is 5.41 Å². The Hall–Kier alpha value is -1.59. The summed E-state index contributed by atoms with van der Waals surface area (Å²) in [6.07, 6.45) is 3.92. The van der Waals surface area contributed by atoms with Crippen LogP contribution in [0.3, 0.4) is 0 Å². The molecule has 0 aromatic heterocycles. The van der Waals surface area contributed by atoms with Crippen molar-refractivity contribution < 1.29 is 14.2 Å². The van der Waals surface area contributed by atoms with Gasteiger partial charge in [-0.05, 0) is 37.1 Å². The third kappa shape index (κ3) is 3.36. The number of nitrogens with two attached hydrogens (primary N) is 1. The van der Waals surface area contributed by atoms with Gasteiger partial charge in [0.1, 0.15) is 17.7 Å². The molecular formula is C16H22N2O3. The summed E-state index contributed by atoms with van der Waals surface area (Å²) in [6.45, 7) is 2.30. The van der Waals surface area contributed by atoms with E-state index in [1.165, 1.54) is 0 Å². The second-order valence-corrected chi connectivity index (χ2v) is 5.81. The molecule has 5 heteroatoms. The lowest BCUT2D eigenvalue weighted by Gasteiger charge is -2.43. The first-order valence-electron chi connectivity index (χ1n) is 7.50. The van der Waals surface area contributed by atoms with Gasteiger partial charge in [0, 0.05) is 31.6 Å². The molecule has 21 heavy (non-hydrogen) atoms. The fourth-order valence-electron chi connectivity index (χ4n) is 3.08. The maximum absolute atomic E-state index is 7.40. The van der Waals surface area contributed by atoms with E-state index in [1.54, 1.807) is 0 Å². The van der Waals surface area contributed by atoms with Crippen molar-refractivity contribution in [2.45, 2.75) is 37.4 Å². The van der Waals surface area contributed by atoms with Crippen LogP contribution >= 0.6 is 0 Å². The average molecular weight is 290 g/mol. The van der Waals surface area contributed by atoms with Crippen molar-refractivity contribution in [3.8, 4) is 5.75 Å². The smallest absolute Gasteiger partial charge is 0.122 e. The molecule has 1 unspecified atom stereocenters. The molecule has 5 nitrogen and oxygen atoms in total. The Morgan fingerprint density at radius 3 is 2.57 bits per heavy atom. The number of ether oxygens (including phenoxy) is 3. The second-order valence-electron chi connectivity index (χ2n) is 5.81. The Morgan fingerprint density at radius 2 is 1.90 bits per heavy atom. The first-order valence-corrected chi connectivity index (χ1v) is 7.50. The summed E-state index contributed by atoms with van der Waals surface area (Å²) in [6, 6.07) is 7.40. The van der Waals surface area contributed by atoms with Gasteiger partial charge in [0.15, 0.2) is 0 Å². The van der Waals surface area contributed by atoms with Gasteiger partial charge < -0.3 is 19.9 Å². The first kappa shape index (κ1) is 14.4. The predicted octanol–water partition coefficient (Wildman–Crippen LogP) is 2.08. The van der Waals surface area contributed by atoms with E-state index in [1.807, 2.05) is 24.3 Å². The number of rotatable bonds is 3. The van der Waals surface area contributed by atoms with Crippen LogP contribution in [0.4, 0.5) is 0 Å². The Bertz CT molecular complexity index is 489. The van der Waals surface area contributed by atoms with Crippen LogP contribution in [0.25, 0.3) is 0 Å². The van der Waals surface area contributed by atoms with Crippen LogP contribution < -0.4 is 10.5 Å². The molecule has 2 fully saturated rings. The molecule has 2 aliphatic rings. The Labute approximate surface area is 124 Å². The predicted molar refractivity (Wildman–Crippen MR) is 79.8 cm³/mol. The van der Waals surface area contributed by atoms with Gasteiger partial charge in [-0.25, -0.2) is 0 Å². The van der Waals surface area contributed by atoms with Gasteiger partial charge in [0.05, 0.1) is 12.2 Å². The molecule has 0 bridgehead atoms. The number of hydrogen-bond donors (Lipinski definition) is 2. The highest BCUT2D eigenvalue weighted by atomic mass is 16.5. The maximum Gasteiger partial charge on any atom is 0.122 e. The largest absolute Gasteiger partial charge is 0.490 e. The van der Waals surface area contributed by atoms with E-state index >= 15 is 0 Å². The molecule has 1 aromatic rings. The van der Waals surface area contributed by atoms with Crippen LogP contribution in [0.15, 0.2) is 24.3 Å². The monoisotopic (exact) mass is 290 g/mol. The van der Waals surface area contributed by atoms with E-state index < -0.39 is 0 Å². The van der Waals surface area contributed by atoms with Crippen LogP contribution in [-0.4, -0.2) is 37.4 Å². The molecule has 3 N–H and O–H groups in total. The van der Waals surface area contributed by atoms with E-state index in [0.29, 0.717) is 0 Å². The summed E-state index contributed by atoms with van der Waals surface area (Å²) in [5, 5.41) is 7.40. The zero-order valence-electron chi connectivity index (χ0n) is 12.1. The third-order valence-electron chi connectivity index (χ3n) is 4.32. The van der Waals surface area contributed by atoms with Crippen molar-refractivity contribution in [3.05, 3.63) is 29.8 Å². The standard InChI is InChI=1S/C16H22N2O3/c17-15(18)12-1-3-13(4-2-12)21-14-5-8-20-16(11-14)6-9-19-10-7-16/h1-4,14H,5-11H2,(H3,17,18). The topological polar surface area (TPSA) is 77.6 Å². The first-order chi connectivity index (χ1) is 10.2. The fourth-order valence-corrected chi connectivity index (χ4v) is 3.08. The molecule has 3 rings (SSSR count). The molecule has 0 aliphatic carbocycles. The molecule has 2 saturated heterocycles. The van der Waals surface area contributed by atoms with Gasteiger partial charge >= 0.3 is 0 Å². The highest BCUT2D eigenvalue weighted by Gasteiger charge is 2.39. The van der Waals surface area contributed by atoms with Crippen molar-refractivity contribution in [2.24, 2.45) is 5.73 Å². The number of hydrogen-bond acceptors (Lipinski definition) is 4. The van der Waals surface area contributed by atoms with Gasteiger partial charge in [0.25, 0.3) is 0 Å². The molecule has 0 amide bonds. The summed E-state index contributed by atoms with van der Waals surface area (Å²) in [4.78, 5) is 0. The van der Waals surface area contributed by atoms with Crippen molar-refractivity contribution in [2.75, 3.05) is 19.8 Å². The number of amidine groups is 1. The van der Waals surface area contributed by atoms with Crippen LogP contribution in [0.2, 0.25) is 0 Å². The van der Waals surface area contributed by atoms with E-state index in [-0.39, 0.29) is 17.5 Å². The van der Waals surface area contributed by atoms with Crippen molar-refractivity contribution in [3.63, 3.8) is 0 Å². The highest BCUT2D eigenvalue weighted by molar-refractivity contribution is 5.94. The Morgan fingerprint density at radius 1 is 1.19 bits per heavy atom. The lowest BCUT2D eigenvalue weighted by Crippen LogP contribution is -2.47. The van der Waals surface area contributed by atoms with Gasteiger partial charge in [0.2, 0.25) is 0 Å². The Balaban J connectivity index is 1.62. The SMILES string of the molecule is N=C(N)c1ccc(OC2CCOC3(CCOCC3)C2)cc1. The van der Waals surface area contributed by atoms with Crippen molar-refractivity contribution >= 4 is 5.84 Å². The minimum Gasteiger partial charge on any atom is -0.490 e. The summed E-state index contributed by atoms with van der Waals surface area (Å²) in [5.74, 6) is 0.905. The molecule has 1 spiro atoms. The van der Waals surface area contributed by atoms with Gasteiger partial charge in [-0.3, -0.25) is 5.41 Å². The number of nitrogen functional groups attached to an aromatic ring is 1. The molecule has 114 valence electrons. The van der Waals surface area contributed by atoms with Crippen LogP contribution in [0.1, 0.15) is 31.2 Å². The second kappa shape index (κ2) is 6.03. The molecule has 2 heterocycles. The average Bonchev–Trinajstić information content (AvgIpc) is 2.49. The van der Waals surface area contributed by atoms with E-state index in [4.69, 9.17) is 25.4 Å². The van der Waals surface area contributed by atoms with Gasteiger partial charge in [-0.2, -0.15) is 0 Å². The van der Waals surface area contributed by atoms with E-state index in [9.17, 15) is 0 Å². The molecule has 0 radical (unpaired) electrons. The summed E-state index contributed by atoms with van der Waals surface area (Å²) in [5.41, 5.74) is 6.12. The molecular weight excluding hydrogens is 268 g/mol. The number of benzene rings is 1. The Kier molecular flexibility index (Phi) is 4.12. The quantitative estimate of drug-likeness (QED) is 0.660. The highest BCUT2D eigenvalue weighted by Crippen LogP contribution is 2.35. The van der Waals surface area contributed by atoms with Gasteiger partial charge in [-0.15, -0.1) is 0 Å². The third-order valence-corrected chi connectivity index (χ3v) is 4.32. The lowest BCUT2D eigenvalue weighted by atomic mass is 9.85. The van der Waals surface area contributed by atoms with E-state index in [2.05, 4.69) is 0 Å². The van der Waals surface area contributed by atoms with Crippen molar-refractivity contribution in [1.82, 2.24) is 0 Å². The molecule has 0 saturated carbocycles. The van der Waals surface area contributed by atoms with Gasteiger partial charge in [-0.1, -0.05) is 0 Å². The molecule has 1 atom stereocenters. The summed E-state index contributed by atoms with van der Waals surface area (Å²) < 4.78 is 17.5.